The lowest BCUT2D eigenvalue weighted by Gasteiger charge is -2.18. The highest BCUT2D eigenvalue weighted by atomic mass is 32.2. The van der Waals surface area contributed by atoms with Crippen LogP contribution in [0.5, 0.6) is 5.75 Å². The van der Waals surface area contributed by atoms with Crippen molar-refractivity contribution in [1.82, 2.24) is 5.32 Å². The summed E-state index contributed by atoms with van der Waals surface area (Å²) < 4.78 is 11.6. The van der Waals surface area contributed by atoms with Gasteiger partial charge in [0.15, 0.2) is 10.6 Å². The van der Waals surface area contributed by atoms with Crippen LogP contribution in [0.15, 0.2) is 53.4 Å². The largest absolute Gasteiger partial charge is 0.612 e. The van der Waals surface area contributed by atoms with E-state index in [0.29, 0.717) is 17.0 Å². The molecule has 0 aliphatic carbocycles. The molecular weight excluding hydrogens is 322 g/mol. The molecule has 3 unspecified atom stereocenters. The number of benzene rings is 2. The van der Waals surface area contributed by atoms with Crippen molar-refractivity contribution in [3.63, 3.8) is 0 Å². The lowest BCUT2D eigenvalue weighted by atomic mass is 10.1. The number of aliphatic hydroxyl groups is 1. The molecule has 0 bridgehead atoms. The highest BCUT2D eigenvalue weighted by Crippen LogP contribution is 2.26. The molecule has 0 aliphatic heterocycles. The molecule has 2 aromatic carbocycles. The first-order valence-electron chi connectivity index (χ1n) is 8.09. The van der Waals surface area contributed by atoms with E-state index in [-0.39, 0.29) is 11.8 Å². The molecule has 0 aliphatic rings. The first-order chi connectivity index (χ1) is 11.5. The van der Waals surface area contributed by atoms with E-state index in [0.717, 1.165) is 12.8 Å². The SMILES string of the molecule is CC(CCc1ccccc1)NCC(O)c1ccc(O)c([S+](C)[O-])c1. The van der Waals surface area contributed by atoms with Crippen molar-refractivity contribution in [3.8, 4) is 5.75 Å². The van der Waals surface area contributed by atoms with E-state index < -0.39 is 17.3 Å². The second kappa shape index (κ2) is 9.08. The van der Waals surface area contributed by atoms with Crippen LogP contribution in [0.25, 0.3) is 0 Å². The Bertz CT molecular complexity index is 634. The maximum atomic E-state index is 11.6. The summed E-state index contributed by atoms with van der Waals surface area (Å²) >= 11 is -1.29. The minimum atomic E-state index is -1.29. The third-order valence-electron chi connectivity index (χ3n) is 4.05. The Morgan fingerprint density at radius 3 is 2.54 bits per heavy atom. The molecule has 0 heterocycles. The Kier molecular flexibility index (Phi) is 7.12. The van der Waals surface area contributed by atoms with Gasteiger partial charge < -0.3 is 20.1 Å². The molecule has 5 heteroatoms. The number of rotatable bonds is 8. The van der Waals surface area contributed by atoms with Crippen molar-refractivity contribution in [2.45, 2.75) is 36.8 Å². The predicted molar refractivity (Wildman–Crippen MR) is 97.6 cm³/mol. The first-order valence-corrected chi connectivity index (χ1v) is 9.65. The van der Waals surface area contributed by atoms with Gasteiger partial charge in [0, 0.05) is 18.7 Å². The van der Waals surface area contributed by atoms with Crippen LogP contribution in [0.3, 0.4) is 0 Å². The highest BCUT2D eigenvalue weighted by molar-refractivity contribution is 7.90. The summed E-state index contributed by atoms with van der Waals surface area (Å²) in [6.07, 6.45) is 2.78. The number of hydrogen-bond acceptors (Lipinski definition) is 4. The molecular formula is C19H25NO3S. The van der Waals surface area contributed by atoms with E-state index in [9.17, 15) is 14.8 Å². The van der Waals surface area contributed by atoms with Crippen LogP contribution < -0.4 is 5.32 Å². The van der Waals surface area contributed by atoms with Gasteiger partial charge in [-0.2, -0.15) is 0 Å². The van der Waals surface area contributed by atoms with Crippen LogP contribution in [0.4, 0.5) is 0 Å². The topological polar surface area (TPSA) is 75.5 Å². The van der Waals surface area contributed by atoms with Crippen LogP contribution in [-0.2, 0) is 17.6 Å². The van der Waals surface area contributed by atoms with E-state index in [1.807, 2.05) is 18.2 Å². The second-order valence-corrected chi connectivity index (χ2v) is 7.38. The van der Waals surface area contributed by atoms with Crippen molar-refractivity contribution in [3.05, 3.63) is 59.7 Å². The van der Waals surface area contributed by atoms with Crippen molar-refractivity contribution in [2.75, 3.05) is 12.8 Å². The van der Waals surface area contributed by atoms with Gasteiger partial charge in [0.05, 0.1) is 6.10 Å². The first kappa shape index (κ1) is 18.8. The lowest BCUT2D eigenvalue weighted by Crippen LogP contribution is -2.30. The fraction of sp³-hybridized carbons (Fsp3) is 0.368. The average Bonchev–Trinajstić information content (AvgIpc) is 2.59. The van der Waals surface area contributed by atoms with Gasteiger partial charge in [-0.3, -0.25) is 0 Å². The molecule has 3 atom stereocenters. The zero-order valence-electron chi connectivity index (χ0n) is 14.1. The quantitative estimate of drug-likeness (QED) is 0.642. The fourth-order valence-corrected chi connectivity index (χ4v) is 3.19. The van der Waals surface area contributed by atoms with Crippen molar-refractivity contribution < 1.29 is 14.8 Å². The van der Waals surface area contributed by atoms with Crippen molar-refractivity contribution in [2.24, 2.45) is 0 Å². The maximum absolute atomic E-state index is 11.6. The van der Waals surface area contributed by atoms with Gasteiger partial charge in [-0.1, -0.05) is 36.4 Å². The van der Waals surface area contributed by atoms with Crippen LogP contribution in [0.2, 0.25) is 0 Å². The molecule has 4 nitrogen and oxygen atoms in total. The standard InChI is InChI=1S/C19H25NO3S/c1-14(8-9-15-6-4-3-5-7-15)20-13-18(22)16-10-11-17(21)19(12-16)24(2)23/h3-7,10-12,14,18,20-22H,8-9,13H2,1-2H3. The van der Waals surface area contributed by atoms with Crippen LogP contribution in [-0.4, -0.2) is 33.6 Å². The van der Waals surface area contributed by atoms with E-state index in [1.54, 1.807) is 12.1 Å². The monoisotopic (exact) mass is 347 g/mol. The third kappa shape index (κ3) is 5.53. The van der Waals surface area contributed by atoms with Gasteiger partial charge in [-0.25, -0.2) is 0 Å². The normalized spacial score (nSPS) is 15.0. The molecule has 0 radical (unpaired) electrons. The summed E-state index contributed by atoms with van der Waals surface area (Å²) in [5.74, 6) is -0.00373. The van der Waals surface area contributed by atoms with Crippen molar-refractivity contribution in [1.29, 1.82) is 0 Å². The van der Waals surface area contributed by atoms with Crippen LogP contribution in [0, 0.1) is 0 Å². The van der Waals surface area contributed by atoms with Crippen LogP contribution >= 0.6 is 0 Å². The molecule has 0 aromatic heterocycles. The van der Waals surface area contributed by atoms with Gasteiger partial charge in [0.1, 0.15) is 6.26 Å². The van der Waals surface area contributed by atoms with E-state index in [4.69, 9.17) is 0 Å². The minimum absolute atomic E-state index is 0.00373. The number of phenolic OH excluding ortho intramolecular Hbond substituents is 1. The fourth-order valence-electron chi connectivity index (χ4n) is 2.53. The zero-order valence-corrected chi connectivity index (χ0v) is 14.9. The molecule has 2 aromatic rings. The summed E-state index contributed by atoms with van der Waals surface area (Å²) in [5.41, 5.74) is 1.96. The zero-order chi connectivity index (χ0) is 17.5. The number of aryl methyl sites for hydroxylation is 1. The van der Waals surface area contributed by atoms with Gasteiger partial charge >= 0.3 is 0 Å². The van der Waals surface area contributed by atoms with Gasteiger partial charge in [0.2, 0.25) is 0 Å². The molecule has 0 saturated heterocycles. The molecule has 24 heavy (non-hydrogen) atoms. The number of phenols is 1. The summed E-state index contributed by atoms with van der Waals surface area (Å²) in [4.78, 5) is 0.351. The maximum Gasteiger partial charge on any atom is 0.194 e. The smallest absolute Gasteiger partial charge is 0.194 e. The Labute approximate surface area is 146 Å². The second-order valence-electron chi connectivity index (χ2n) is 6.03. The molecule has 0 spiro atoms. The predicted octanol–water partition coefficient (Wildman–Crippen LogP) is 2.77. The third-order valence-corrected chi connectivity index (χ3v) is 4.99. The van der Waals surface area contributed by atoms with Crippen molar-refractivity contribution >= 4 is 11.2 Å². The molecule has 3 N–H and O–H groups in total. The Morgan fingerprint density at radius 1 is 1.17 bits per heavy atom. The molecule has 0 fully saturated rings. The summed E-state index contributed by atoms with van der Waals surface area (Å²) in [6.45, 7) is 2.51. The highest BCUT2D eigenvalue weighted by Gasteiger charge is 2.16. The van der Waals surface area contributed by atoms with E-state index in [2.05, 4.69) is 24.4 Å². The van der Waals surface area contributed by atoms with Crippen LogP contribution in [0.1, 0.15) is 30.6 Å². The Balaban J connectivity index is 1.84. The van der Waals surface area contributed by atoms with Gasteiger partial charge in [-0.15, -0.1) is 0 Å². The van der Waals surface area contributed by atoms with Gasteiger partial charge in [-0.05, 0) is 48.1 Å². The van der Waals surface area contributed by atoms with E-state index in [1.165, 1.54) is 17.9 Å². The summed E-state index contributed by atoms with van der Waals surface area (Å²) in [7, 11) is 0. The summed E-state index contributed by atoms with van der Waals surface area (Å²) in [6, 6.07) is 15.3. The number of aromatic hydroxyl groups is 1. The number of aliphatic hydroxyl groups excluding tert-OH is 1. The van der Waals surface area contributed by atoms with Gasteiger partial charge in [0.25, 0.3) is 0 Å². The average molecular weight is 347 g/mol. The summed E-state index contributed by atoms with van der Waals surface area (Å²) in [5, 5.41) is 23.3. The molecule has 2 rings (SSSR count). The lowest BCUT2D eigenvalue weighted by molar-refractivity contribution is 0.169. The minimum Gasteiger partial charge on any atom is -0.612 e. The van der Waals surface area contributed by atoms with E-state index >= 15 is 0 Å². The number of hydrogen-bond donors (Lipinski definition) is 3. The molecule has 0 saturated carbocycles. The molecule has 0 amide bonds. The Morgan fingerprint density at radius 2 is 1.88 bits per heavy atom. The Hall–Kier alpha value is -1.53. The number of nitrogens with one attached hydrogen (secondary N) is 1. The molecule has 130 valence electrons.